The first kappa shape index (κ1) is 15.9. The van der Waals surface area contributed by atoms with Gasteiger partial charge in [-0.3, -0.25) is 0 Å². The summed E-state index contributed by atoms with van der Waals surface area (Å²) in [6.07, 6.45) is 6.30. The summed E-state index contributed by atoms with van der Waals surface area (Å²) in [5.74, 6) is 1.33. The van der Waals surface area contributed by atoms with Crippen LogP contribution < -0.4 is 5.32 Å². The summed E-state index contributed by atoms with van der Waals surface area (Å²) >= 11 is 0. The lowest BCUT2D eigenvalue weighted by Gasteiger charge is -2.31. The fourth-order valence-electron chi connectivity index (χ4n) is 2.69. The van der Waals surface area contributed by atoms with E-state index in [1.807, 2.05) is 0 Å². The molecule has 0 aromatic heterocycles. The molecule has 0 radical (unpaired) electrons. The van der Waals surface area contributed by atoms with E-state index in [0.29, 0.717) is 31.1 Å². The van der Waals surface area contributed by atoms with Gasteiger partial charge in [-0.2, -0.15) is 0 Å². The molecule has 1 aliphatic rings. The van der Waals surface area contributed by atoms with Gasteiger partial charge < -0.3 is 15.2 Å². The van der Waals surface area contributed by atoms with Crippen molar-refractivity contribution >= 4 is 0 Å². The van der Waals surface area contributed by atoms with Gasteiger partial charge in [0.25, 0.3) is 0 Å². The SMILES string of the molecule is CC[C@@H]1CCCC[C@@H]1OC[C@H](O)CNCC(C)C. The van der Waals surface area contributed by atoms with Crippen LogP contribution >= 0.6 is 0 Å². The molecule has 18 heavy (non-hydrogen) atoms. The predicted octanol–water partition coefficient (Wildman–Crippen LogP) is 2.58. The van der Waals surface area contributed by atoms with Gasteiger partial charge in [0.2, 0.25) is 0 Å². The molecule has 1 saturated carbocycles. The zero-order valence-corrected chi connectivity index (χ0v) is 12.3. The van der Waals surface area contributed by atoms with Crippen LogP contribution in [0.15, 0.2) is 0 Å². The third kappa shape index (κ3) is 6.17. The van der Waals surface area contributed by atoms with Gasteiger partial charge in [0.1, 0.15) is 0 Å². The highest BCUT2D eigenvalue weighted by atomic mass is 16.5. The molecule has 0 aromatic rings. The number of aliphatic hydroxyl groups is 1. The summed E-state index contributed by atoms with van der Waals surface area (Å²) in [4.78, 5) is 0. The molecule has 0 aliphatic heterocycles. The second kappa shape index (κ2) is 8.89. The first-order valence-electron chi connectivity index (χ1n) is 7.63. The van der Waals surface area contributed by atoms with Crippen LogP contribution in [0.4, 0.5) is 0 Å². The number of hydrogen-bond acceptors (Lipinski definition) is 3. The molecule has 0 aromatic carbocycles. The van der Waals surface area contributed by atoms with E-state index in [4.69, 9.17) is 4.74 Å². The van der Waals surface area contributed by atoms with Gasteiger partial charge >= 0.3 is 0 Å². The fourth-order valence-corrected chi connectivity index (χ4v) is 2.69. The Morgan fingerprint density at radius 2 is 1.94 bits per heavy atom. The minimum absolute atomic E-state index is 0.372. The van der Waals surface area contributed by atoms with Crippen molar-refractivity contribution in [3.8, 4) is 0 Å². The van der Waals surface area contributed by atoms with Gasteiger partial charge in [-0.05, 0) is 31.2 Å². The normalized spacial score (nSPS) is 26.5. The van der Waals surface area contributed by atoms with E-state index in [2.05, 4.69) is 26.1 Å². The quantitative estimate of drug-likeness (QED) is 0.702. The number of nitrogens with one attached hydrogen (secondary N) is 1. The van der Waals surface area contributed by atoms with E-state index in [0.717, 1.165) is 6.54 Å². The highest BCUT2D eigenvalue weighted by Gasteiger charge is 2.24. The molecule has 1 aliphatic carbocycles. The second-order valence-electron chi connectivity index (χ2n) is 6.03. The molecule has 0 bridgehead atoms. The monoisotopic (exact) mass is 257 g/mol. The molecule has 1 rings (SSSR count). The average molecular weight is 257 g/mol. The van der Waals surface area contributed by atoms with E-state index in [1.54, 1.807) is 0 Å². The zero-order valence-electron chi connectivity index (χ0n) is 12.3. The molecule has 3 nitrogen and oxygen atoms in total. The van der Waals surface area contributed by atoms with E-state index in [-0.39, 0.29) is 6.10 Å². The van der Waals surface area contributed by atoms with Crippen LogP contribution in [0.3, 0.4) is 0 Å². The van der Waals surface area contributed by atoms with Gasteiger partial charge in [0.15, 0.2) is 0 Å². The van der Waals surface area contributed by atoms with Crippen molar-refractivity contribution in [3.63, 3.8) is 0 Å². The van der Waals surface area contributed by atoms with Crippen molar-refractivity contribution in [1.82, 2.24) is 5.32 Å². The number of hydrogen-bond donors (Lipinski definition) is 2. The van der Waals surface area contributed by atoms with Crippen LogP contribution in [0.2, 0.25) is 0 Å². The topological polar surface area (TPSA) is 41.5 Å². The fraction of sp³-hybridized carbons (Fsp3) is 1.00. The van der Waals surface area contributed by atoms with Crippen LogP contribution in [0, 0.1) is 11.8 Å². The molecule has 0 heterocycles. The van der Waals surface area contributed by atoms with Crippen molar-refractivity contribution in [3.05, 3.63) is 0 Å². The van der Waals surface area contributed by atoms with E-state index < -0.39 is 0 Å². The van der Waals surface area contributed by atoms with Crippen molar-refractivity contribution in [1.29, 1.82) is 0 Å². The van der Waals surface area contributed by atoms with Gasteiger partial charge in [0, 0.05) is 6.54 Å². The van der Waals surface area contributed by atoms with E-state index in [9.17, 15) is 5.11 Å². The maximum Gasteiger partial charge on any atom is 0.0897 e. The van der Waals surface area contributed by atoms with Crippen molar-refractivity contribution < 1.29 is 9.84 Å². The lowest BCUT2D eigenvalue weighted by atomic mass is 9.85. The molecule has 108 valence electrons. The summed E-state index contributed by atoms with van der Waals surface area (Å²) < 4.78 is 5.92. The minimum Gasteiger partial charge on any atom is -0.389 e. The molecule has 2 N–H and O–H groups in total. The molecule has 0 amide bonds. The molecule has 1 fully saturated rings. The van der Waals surface area contributed by atoms with Gasteiger partial charge in [-0.15, -0.1) is 0 Å². The lowest BCUT2D eigenvalue weighted by molar-refractivity contribution is -0.0499. The Morgan fingerprint density at radius 3 is 2.61 bits per heavy atom. The van der Waals surface area contributed by atoms with Crippen LogP contribution in [0.25, 0.3) is 0 Å². The van der Waals surface area contributed by atoms with Crippen LogP contribution in [0.5, 0.6) is 0 Å². The average Bonchev–Trinajstić information content (AvgIpc) is 2.36. The highest BCUT2D eigenvalue weighted by molar-refractivity contribution is 4.75. The third-order valence-electron chi connectivity index (χ3n) is 3.80. The first-order valence-corrected chi connectivity index (χ1v) is 7.63. The Balaban J connectivity index is 2.14. The summed E-state index contributed by atoms with van der Waals surface area (Å²) in [7, 11) is 0. The Bertz CT molecular complexity index is 209. The smallest absolute Gasteiger partial charge is 0.0897 e. The number of ether oxygens (including phenoxy) is 1. The minimum atomic E-state index is -0.372. The second-order valence-corrected chi connectivity index (χ2v) is 6.03. The number of aliphatic hydroxyl groups excluding tert-OH is 1. The van der Waals surface area contributed by atoms with Gasteiger partial charge in [-0.1, -0.05) is 40.0 Å². The summed E-state index contributed by atoms with van der Waals surface area (Å²) in [5, 5.41) is 13.1. The standard InChI is InChI=1S/C15H31NO2/c1-4-13-7-5-6-8-15(13)18-11-14(17)10-16-9-12(2)3/h12-17H,4-11H2,1-3H3/t13-,14-,15+/m1/s1. The Hall–Kier alpha value is -0.120. The Morgan fingerprint density at radius 1 is 1.22 bits per heavy atom. The van der Waals surface area contributed by atoms with Crippen molar-refractivity contribution in [2.45, 2.75) is 65.1 Å². The number of rotatable bonds is 8. The van der Waals surface area contributed by atoms with E-state index >= 15 is 0 Å². The van der Waals surface area contributed by atoms with Gasteiger partial charge in [0.05, 0.1) is 18.8 Å². The van der Waals surface area contributed by atoms with Crippen LogP contribution in [-0.2, 0) is 4.74 Å². The summed E-state index contributed by atoms with van der Waals surface area (Å²) in [6, 6.07) is 0. The molecule has 0 saturated heterocycles. The largest absolute Gasteiger partial charge is 0.389 e. The Kier molecular flexibility index (Phi) is 7.87. The van der Waals surface area contributed by atoms with Crippen LogP contribution in [-0.4, -0.2) is 37.0 Å². The predicted molar refractivity (Wildman–Crippen MR) is 75.7 cm³/mol. The maximum absolute atomic E-state index is 9.86. The third-order valence-corrected chi connectivity index (χ3v) is 3.80. The zero-order chi connectivity index (χ0) is 13.4. The molecule has 0 spiro atoms. The molecule has 3 heteroatoms. The first-order chi connectivity index (χ1) is 8.63. The molecule has 3 atom stereocenters. The van der Waals surface area contributed by atoms with Crippen molar-refractivity contribution in [2.24, 2.45) is 11.8 Å². The highest BCUT2D eigenvalue weighted by Crippen LogP contribution is 2.29. The van der Waals surface area contributed by atoms with Crippen LogP contribution in [0.1, 0.15) is 52.9 Å². The Labute approximate surface area is 112 Å². The molecule has 0 unspecified atom stereocenters. The molecular formula is C15H31NO2. The summed E-state index contributed by atoms with van der Waals surface area (Å²) in [6.45, 7) is 8.66. The molecular weight excluding hydrogens is 226 g/mol. The lowest BCUT2D eigenvalue weighted by Crippen LogP contribution is -2.36. The summed E-state index contributed by atoms with van der Waals surface area (Å²) in [5.41, 5.74) is 0. The van der Waals surface area contributed by atoms with Crippen molar-refractivity contribution in [2.75, 3.05) is 19.7 Å². The van der Waals surface area contributed by atoms with E-state index in [1.165, 1.54) is 32.1 Å². The maximum atomic E-state index is 9.86. The van der Waals surface area contributed by atoms with Gasteiger partial charge in [-0.25, -0.2) is 0 Å².